The van der Waals surface area contributed by atoms with Crippen LogP contribution in [-0.2, 0) is 24.8 Å². The van der Waals surface area contributed by atoms with Crippen molar-refractivity contribution in [3.8, 4) is 0 Å². The van der Waals surface area contributed by atoms with Gasteiger partial charge in [-0.15, -0.1) is 0 Å². The van der Waals surface area contributed by atoms with Crippen LogP contribution in [0.5, 0.6) is 0 Å². The van der Waals surface area contributed by atoms with Crippen LogP contribution in [0.1, 0.15) is 23.6 Å². The topological polar surface area (TPSA) is 113 Å². The first-order chi connectivity index (χ1) is 16.3. The Balaban J connectivity index is 1.78. The van der Waals surface area contributed by atoms with E-state index in [4.69, 9.17) is 0 Å². The van der Waals surface area contributed by atoms with E-state index < -0.39 is 32.0 Å². The number of rotatable bonds is 8. The van der Waals surface area contributed by atoms with E-state index in [2.05, 4.69) is 10.0 Å². The van der Waals surface area contributed by atoms with Gasteiger partial charge in [0.15, 0.2) is 0 Å². The molecule has 0 spiro atoms. The molecule has 3 rings (SSSR count). The molecule has 1 amide bonds. The molecule has 0 aliphatic carbocycles. The van der Waals surface area contributed by atoms with E-state index in [1.54, 1.807) is 24.3 Å². The Morgan fingerprint density at radius 2 is 1.37 bits per heavy atom. The molecule has 35 heavy (non-hydrogen) atoms. The van der Waals surface area contributed by atoms with Gasteiger partial charge < -0.3 is 5.32 Å². The average molecular weight is 516 g/mol. The average Bonchev–Trinajstić information content (AvgIpc) is 2.77. The second kappa shape index (κ2) is 10.1. The molecule has 0 aromatic heterocycles. The van der Waals surface area contributed by atoms with Crippen molar-refractivity contribution in [2.24, 2.45) is 0 Å². The van der Waals surface area contributed by atoms with Crippen LogP contribution in [0.15, 0.2) is 71.6 Å². The lowest BCUT2D eigenvalue weighted by Gasteiger charge is -2.28. The Morgan fingerprint density at radius 3 is 1.89 bits per heavy atom. The molecule has 1 atom stereocenters. The van der Waals surface area contributed by atoms with Gasteiger partial charge in [-0.05, 0) is 75.2 Å². The Kier molecular flexibility index (Phi) is 7.56. The molecule has 0 radical (unpaired) electrons. The molecule has 3 aromatic rings. The summed E-state index contributed by atoms with van der Waals surface area (Å²) in [4.78, 5) is 12.9. The van der Waals surface area contributed by atoms with Gasteiger partial charge >= 0.3 is 0 Å². The molecule has 0 fully saturated rings. The highest BCUT2D eigenvalue weighted by molar-refractivity contribution is 7.92. The van der Waals surface area contributed by atoms with E-state index in [9.17, 15) is 21.6 Å². The number of carbonyl (C=O) groups excluding carboxylic acids is 1. The first-order valence-corrected chi connectivity index (χ1v) is 14.2. The van der Waals surface area contributed by atoms with Gasteiger partial charge in [-0.1, -0.05) is 35.9 Å². The van der Waals surface area contributed by atoms with Crippen molar-refractivity contribution >= 4 is 43.0 Å². The van der Waals surface area contributed by atoms with Crippen molar-refractivity contribution < 1.29 is 21.6 Å². The molecular formula is C25H29N3O5S2. The minimum atomic E-state index is -3.84. The number of sulfonamides is 2. The molecular weight excluding hydrogens is 486 g/mol. The van der Waals surface area contributed by atoms with Crippen molar-refractivity contribution in [3.05, 3.63) is 83.4 Å². The molecule has 0 aliphatic heterocycles. The van der Waals surface area contributed by atoms with Crippen molar-refractivity contribution in [2.75, 3.05) is 20.6 Å². The van der Waals surface area contributed by atoms with Crippen LogP contribution in [0.25, 0.3) is 0 Å². The minimum Gasteiger partial charge on any atom is -0.324 e. The third kappa shape index (κ3) is 6.20. The number of amides is 1. The predicted molar refractivity (Wildman–Crippen MR) is 140 cm³/mol. The summed E-state index contributed by atoms with van der Waals surface area (Å²) in [6.07, 6.45) is 1.04. The van der Waals surface area contributed by atoms with Crippen LogP contribution < -0.4 is 14.3 Å². The normalized spacial score (nSPS) is 12.6. The maximum absolute atomic E-state index is 12.9. The quantitative estimate of drug-likeness (QED) is 0.467. The van der Waals surface area contributed by atoms with Gasteiger partial charge in [0, 0.05) is 5.69 Å². The molecule has 0 aliphatic rings. The van der Waals surface area contributed by atoms with Crippen LogP contribution in [0, 0.1) is 20.8 Å². The molecule has 0 bridgehead atoms. The largest absolute Gasteiger partial charge is 0.324 e. The highest BCUT2D eigenvalue weighted by Crippen LogP contribution is 2.25. The number of hydrogen-bond donors (Lipinski definition) is 2. The lowest BCUT2D eigenvalue weighted by Crippen LogP contribution is -2.45. The number of para-hydroxylation sites is 1. The molecule has 0 heterocycles. The van der Waals surface area contributed by atoms with Gasteiger partial charge in [-0.25, -0.2) is 16.8 Å². The first kappa shape index (κ1) is 26.2. The summed E-state index contributed by atoms with van der Waals surface area (Å²) in [5.41, 5.74) is 3.80. The summed E-state index contributed by atoms with van der Waals surface area (Å²) in [5, 5.41) is 2.66. The smallest absolute Gasteiger partial charge is 0.261 e. The van der Waals surface area contributed by atoms with Crippen molar-refractivity contribution in [2.45, 2.75) is 38.6 Å². The summed E-state index contributed by atoms with van der Waals surface area (Å²) >= 11 is 0. The third-order valence-electron chi connectivity index (χ3n) is 5.53. The number of nitrogens with one attached hydrogen (secondary N) is 2. The Morgan fingerprint density at radius 1 is 0.829 bits per heavy atom. The van der Waals surface area contributed by atoms with Gasteiger partial charge in [-0.3, -0.25) is 13.8 Å². The minimum absolute atomic E-state index is 0.0311. The van der Waals surface area contributed by atoms with Gasteiger partial charge in [0.2, 0.25) is 15.9 Å². The molecule has 0 unspecified atom stereocenters. The van der Waals surface area contributed by atoms with Gasteiger partial charge in [0.25, 0.3) is 10.0 Å². The maximum Gasteiger partial charge on any atom is 0.261 e. The number of hydrogen-bond acceptors (Lipinski definition) is 5. The Labute approximate surface area is 207 Å². The van der Waals surface area contributed by atoms with Crippen LogP contribution in [-0.4, -0.2) is 35.0 Å². The van der Waals surface area contributed by atoms with Crippen molar-refractivity contribution in [3.63, 3.8) is 0 Å². The summed E-state index contributed by atoms with van der Waals surface area (Å²) in [7, 11) is -7.59. The Bertz CT molecular complexity index is 1410. The van der Waals surface area contributed by atoms with Crippen LogP contribution in [0.2, 0.25) is 0 Å². The summed E-state index contributed by atoms with van der Waals surface area (Å²) in [6.45, 7) is 7.01. The SMILES string of the molecule is Cc1ccc(N([C@H](C)C(=O)Nc2ccc(S(=O)(=O)Nc3c(C)cccc3C)cc2)S(C)(=O)=O)cc1. The third-order valence-corrected chi connectivity index (χ3v) is 8.13. The molecule has 3 aromatic carbocycles. The second-order valence-corrected chi connectivity index (χ2v) is 12.0. The van der Waals surface area contributed by atoms with Crippen molar-refractivity contribution in [1.29, 1.82) is 0 Å². The van der Waals surface area contributed by atoms with Crippen LogP contribution in [0.3, 0.4) is 0 Å². The van der Waals surface area contributed by atoms with E-state index in [0.29, 0.717) is 17.1 Å². The lowest BCUT2D eigenvalue weighted by atomic mass is 10.1. The second-order valence-electron chi connectivity index (χ2n) is 8.46. The van der Waals surface area contributed by atoms with Gasteiger partial charge in [-0.2, -0.15) is 0 Å². The van der Waals surface area contributed by atoms with E-state index in [0.717, 1.165) is 27.3 Å². The summed E-state index contributed by atoms with van der Waals surface area (Å²) < 4.78 is 54.3. The van der Waals surface area contributed by atoms with Gasteiger partial charge in [0.05, 0.1) is 22.5 Å². The van der Waals surface area contributed by atoms with Gasteiger partial charge in [0.1, 0.15) is 6.04 Å². The van der Waals surface area contributed by atoms with Crippen LogP contribution >= 0.6 is 0 Å². The number of nitrogens with zero attached hydrogens (tertiary/aromatic N) is 1. The molecule has 2 N–H and O–H groups in total. The molecule has 10 heteroatoms. The molecule has 186 valence electrons. The fraction of sp³-hybridized carbons (Fsp3) is 0.240. The molecule has 8 nitrogen and oxygen atoms in total. The first-order valence-electron chi connectivity index (χ1n) is 10.9. The standard InChI is InChI=1S/C25H29N3O5S2/c1-17-9-13-22(14-10-17)28(34(5,30)31)20(4)25(29)26-21-11-15-23(16-12-21)35(32,33)27-24-18(2)7-6-8-19(24)3/h6-16,20,27H,1-5H3,(H,26,29)/t20-/m1/s1. The predicted octanol–water partition coefficient (Wildman–Crippen LogP) is 4.21. The molecule has 0 saturated carbocycles. The highest BCUT2D eigenvalue weighted by Gasteiger charge is 2.29. The number of anilines is 3. The highest BCUT2D eigenvalue weighted by atomic mass is 32.2. The van der Waals surface area contributed by atoms with E-state index >= 15 is 0 Å². The summed E-state index contributed by atoms with van der Waals surface area (Å²) in [6, 6.07) is 16.9. The maximum atomic E-state index is 12.9. The van der Waals surface area contributed by atoms with E-state index in [-0.39, 0.29) is 4.90 Å². The number of benzene rings is 3. The van der Waals surface area contributed by atoms with Crippen molar-refractivity contribution in [1.82, 2.24) is 0 Å². The summed E-state index contributed by atoms with van der Waals surface area (Å²) in [5.74, 6) is -0.555. The lowest BCUT2D eigenvalue weighted by molar-refractivity contribution is -0.116. The monoisotopic (exact) mass is 515 g/mol. The fourth-order valence-electron chi connectivity index (χ4n) is 3.63. The zero-order valence-electron chi connectivity index (χ0n) is 20.2. The fourth-order valence-corrected chi connectivity index (χ4v) is 6.01. The Hall–Kier alpha value is -3.37. The number of aryl methyl sites for hydroxylation is 3. The zero-order valence-corrected chi connectivity index (χ0v) is 21.9. The van der Waals surface area contributed by atoms with Crippen LogP contribution in [0.4, 0.5) is 17.1 Å². The zero-order chi connectivity index (χ0) is 26.0. The van der Waals surface area contributed by atoms with E-state index in [1.807, 2.05) is 39.0 Å². The number of carbonyl (C=O) groups is 1. The molecule has 0 saturated heterocycles. The van der Waals surface area contributed by atoms with E-state index in [1.165, 1.54) is 31.2 Å².